The molecule has 2 aromatic rings. The molecule has 0 atom stereocenters. The standard InChI is InChI=1S/C22H22BrNO5/c1-3-26-21-14-16(13-17(15-24)22(25)27-4-2)5-10-20(21)29-12-11-28-19-8-6-18(23)7-9-19/h5-10,13-14H,3-4,11-12H2,1-2H3. The number of hydrogen-bond donors (Lipinski definition) is 0. The van der Waals surface area contributed by atoms with Crippen LogP contribution in [0, 0.1) is 11.3 Å². The van der Waals surface area contributed by atoms with Gasteiger partial charge in [0, 0.05) is 4.47 Å². The molecule has 0 bridgehead atoms. The first-order valence-electron chi connectivity index (χ1n) is 9.14. The second-order valence-corrected chi connectivity index (χ2v) is 6.60. The van der Waals surface area contributed by atoms with E-state index in [0.717, 1.165) is 10.2 Å². The van der Waals surface area contributed by atoms with Crippen molar-refractivity contribution in [2.75, 3.05) is 26.4 Å². The van der Waals surface area contributed by atoms with E-state index < -0.39 is 5.97 Å². The van der Waals surface area contributed by atoms with Crippen LogP contribution in [0.5, 0.6) is 17.2 Å². The highest BCUT2D eigenvalue weighted by atomic mass is 79.9. The minimum absolute atomic E-state index is 0.0779. The van der Waals surface area contributed by atoms with Crippen molar-refractivity contribution in [3.05, 3.63) is 58.1 Å². The van der Waals surface area contributed by atoms with Crippen molar-refractivity contribution < 1.29 is 23.7 Å². The third-order valence-corrected chi connectivity index (χ3v) is 4.15. The summed E-state index contributed by atoms with van der Waals surface area (Å²) in [5.74, 6) is 1.17. The summed E-state index contributed by atoms with van der Waals surface area (Å²) < 4.78 is 22.9. The highest BCUT2D eigenvalue weighted by Crippen LogP contribution is 2.29. The summed E-state index contributed by atoms with van der Waals surface area (Å²) in [6, 6.07) is 14.6. The van der Waals surface area contributed by atoms with E-state index in [1.165, 1.54) is 6.08 Å². The lowest BCUT2D eigenvalue weighted by atomic mass is 10.1. The number of benzene rings is 2. The third kappa shape index (κ3) is 7.16. The molecule has 0 spiro atoms. The Balaban J connectivity index is 2.03. The van der Waals surface area contributed by atoms with Crippen molar-refractivity contribution in [1.29, 1.82) is 5.26 Å². The van der Waals surface area contributed by atoms with Gasteiger partial charge in [-0.2, -0.15) is 5.26 Å². The highest BCUT2D eigenvalue weighted by Gasteiger charge is 2.11. The van der Waals surface area contributed by atoms with Gasteiger partial charge in [0.15, 0.2) is 11.5 Å². The molecular formula is C22H22BrNO5. The summed E-state index contributed by atoms with van der Waals surface area (Å²) in [4.78, 5) is 11.8. The first-order valence-corrected chi connectivity index (χ1v) is 9.93. The van der Waals surface area contributed by atoms with Crippen LogP contribution in [0.2, 0.25) is 0 Å². The summed E-state index contributed by atoms with van der Waals surface area (Å²) in [7, 11) is 0. The lowest BCUT2D eigenvalue weighted by Crippen LogP contribution is -2.10. The van der Waals surface area contributed by atoms with Crippen LogP contribution in [-0.4, -0.2) is 32.4 Å². The van der Waals surface area contributed by atoms with Crippen molar-refractivity contribution in [1.82, 2.24) is 0 Å². The fraction of sp³-hybridized carbons (Fsp3) is 0.273. The van der Waals surface area contributed by atoms with Crippen LogP contribution in [0.3, 0.4) is 0 Å². The average molecular weight is 460 g/mol. The summed E-state index contributed by atoms with van der Waals surface area (Å²) >= 11 is 3.38. The molecule has 0 heterocycles. The molecule has 0 aliphatic carbocycles. The summed E-state index contributed by atoms with van der Waals surface area (Å²) in [5.41, 5.74) is 0.558. The Morgan fingerprint density at radius 3 is 2.38 bits per heavy atom. The molecule has 0 saturated carbocycles. The maximum atomic E-state index is 11.8. The van der Waals surface area contributed by atoms with Crippen molar-refractivity contribution >= 4 is 28.0 Å². The monoisotopic (exact) mass is 459 g/mol. The van der Waals surface area contributed by atoms with Crippen LogP contribution in [0.4, 0.5) is 0 Å². The number of esters is 1. The van der Waals surface area contributed by atoms with Crippen LogP contribution < -0.4 is 14.2 Å². The van der Waals surface area contributed by atoms with Gasteiger partial charge < -0.3 is 18.9 Å². The largest absolute Gasteiger partial charge is 0.490 e. The van der Waals surface area contributed by atoms with Crippen molar-refractivity contribution in [3.8, 4) is 23.3 Å². The number of carbonyl (C=O) groups excluding carboxylic acids is 1. The molecular weight excluding hydrogens is 438 g/mol. The lowest BCUT2D eigenvalue weighted by Gasteiger charge is -2.13. The number of ether oxygens (including phenoxy) is 4. The summed E-state index contributed by atoms with van der Waals surface area (Å²) in [6.07, 6.45) is 1.46. The van der Waals surface area contributed by atoms with Crippen LogP contribution in [0.1, 0.15) is 19.4 Å². The van der Waals surface area contributed by atoms with Crippen molar-refractivity contribution in [2.24, 2.45) is 0 Å². The molecule has 0 N–H and O–H groups in total. The van der Waals surface area contributed by atoms with Gasteiger partial charge in [-0.1, -0.05) is 22.0 Å². The molecule has 0 amide bonds. The summed E-state index contributed by atoms with van der Waals surface area (Å²) in [5, 5.41) is 9.17. The van der Waals surface area contributed by atoms with Gasteiger partial charge in [-0.3, -0.25) is 0 Å². The van der Waals surface area contributed by atoms with E-state index in [-0.39, 0.29) is 12.2 Å². The Hall–Kier alpha value is -2.98. The molecule has 0 saturated heterocycles. The average Bonchev–Trinajstić information content (AvgIpc) is 2.72. The quantitative estimate of drug-likeness (QED) is 0.220. The van der Waals surface area contributed by atoms with Gasteiger partial charge in [-0.15, -0.1) is 0 Å². The molecule has 7 heteroatoms. The van der Waals surface area contributed by atoms with Crippen LogP contribution in [0.15, 0.2) is 52.5 Å². The first-order chi connectivity index (χ1) is 14.1. The normalized spacial score (nSPS) is 10.8. The SMILES string of the molecule is CCOC(=O)C(C#N)=Cc1ccc(OCCOc2ccc(Br)cc2)c(OCC)c1. The molecule has 29 heavy (non-hydrogen) atoms. The Labute approximate surface area is 178 Å². The zero-order chi connectivity index (χ0) is 21.1. The molecule has 2 rings (SSSR count). The predicted octanol–water partition coefficient (Wildman–Crippen LogP) is 4.78. The smallest absolute Gasteiger partial charge is 0.348 e. The lowest BCUT2D eigenvalue weighted by molar-refractivity contribution is -0.137. The Bertz CT molecular complexity index is 887. The van der Waals surface area contributed by atoms with E-state index in [0.29, 0.717) is 36.9 Å². The highest BCUT2D eigenvalue weighted by molar-refractivity contribution is 9.10. The first kappa shape index (κ1) is 22.3. The van der Waals surface area contributed by atoms with Crippen LogP contribution in [-0.2, 0) is 9.53 Å². The van der Waals surface area contributed by atoms with Crippen molar-refractivity contribution in [3.63, 3.8) is 0 Å². The molecule has 0 aromatic heterocycles. The van der Waals surface area contributed by atoms with Gasteiger partial charge in [0.05, 0.1) is 13.2 Å². The van der Waals surface area contributed by atoms with Gasteiger partial charge in [0.25, 0.3) is 0 Å². The van der Waals surface area contributed by atoms with Gasteiger partial charge in [-0.05, 0) is 61.9 Å². The fourth-order valence-electron chi connectivity index (χ4n) is 2.36. The minimum Gasteiger partial charge on any atom is -0.490 e. The van der Waals surface area contributed by atoms with E-state index >= 15 is 0 Å². The molecule has 2 aromatic carbocycles. The van der Waals surface area contributed by atoms with Gasteiger partial charge in [-0.25, -0.2) is 4.79 Å². The molecule has 0 fully saturated rings. The minimum atomic E-state index is -0.654. The van der Waals surface area contributed by atoms with Gasteiger partial charge in [0.1, 0.15) is 30.6 Å². The van der Waals surface area contributed by atoms with Gasteiger partial charge in [0.2, 0.25) is 0 Å². The number of nitrogens with zero attached hydrogens (tertiary/aromatic N) is 1. The van der Waals surface area contributed by atoms with E-state index in [1.54, 1.807) is 25.1 Å². The molecule has 0 aliphatic rings. The maximum absolute atomic E-state index is 11.8. The number of halogens is 1. The van der Waals surface area contributed by atoms with E-state index in [2.05, 4.69) is 15.9 Å². The van der Waals surface area contributed by atoms with Crippen molar-refractivity contribution in [2.45, 2.75) is 13.8 Å². The fourth-order valence-corrected chi connectivity index (χ4v) is 2.62. The number of nitriles is 1. The number of rotatable bonds is 10. The number of carbonyl (C=O) groups is 1. The molecule has 0 unspecified atom stereocenters. The van der Waals surface area contributed by atoms with E-state index in [9.17, 15) is 10.1 Å². The molecule has 152 valence electrons. The topological polar surface area (TPSA) is 77.8 Å². The third-order valence-electron chi connectivity index (χ3n) is 3.62. The second-order valence-electron chi connectivity index (χ2n) is 5.68. The molecule has 6 nitrogen and oxygen atoms in total. The molecule has 0 aliphatic heterocycles. The van der Waals surface area contributed by atoms with Crippen LogP contribution >= 0.6 is 15.9 Å². The Morgan fingerprint density at radius 2 is 1.72 bits per heavy atom. The summed E-state index contributed by atoms with van der Waals surface area (Å²) in [6.45, 7) is 4.90. The molecule has 0 radical (unpaired) electrons. The Morgan fingerprint density at radius 1 is 1.00 bits per heavy atom. The maximum Gasteiger partial charge on any atom is 0.348 e. The van der Waals surface area contributed by atoms with E-state index in [4.69, 9.17) is 18.9 Å². The van der Waals surface area contributed by atoms with Crippen LogP contribution in [0.25, 0.3) is 6.08 Å². The predicted molar refractivity (Wildman–Crippen MR) is 113 cm³/mol. The Kier molecular flexibility index (Phi) is 9.06. The zero-order valence-corrected chi connectivity index (χ0v) is 17.9. The number of hydrogen-bond acceptors (Lipinski definition) is 6. The van der Waals surface area contributed by atoms with Gasteiger partial charge >= 0.3 is 5.97 Å². The van der Waals surface area contributed by atoms with E-state index in [1.807, 2.05) is 37.3 Å². The second kappa shape index (κ2) is 11.8. The zero-order valence-electron chi connectivity index (χ0n) is 16.3.